The number of carbonyl (C=O) groups is 4. The van der Waals surface area contributed by atoms with Crippen molar-refractivity contribution < 1.29 is 141 Å². The van der Waals surface area contributed by atoms with Crippen molar-refractivity contribution in [1.29, 1.82) is 0 Å². The number of hydrogen-bond donors (Lipinski definition) is 15. The van der Waals surface area contributed by atoms with E-state index in [1.807, 2.05) is 0 Å². The third-order valence-corrected chi connectivity index (χ3v) is 14.2. The number of aliphatic hydroxyl groups is 11. The number of carboxylic acid groups (broad SMARTS) is 2. The summed E-state index contributed by atoms with van der Waals surface area (Å²) in [5.41, 5.74) is 0. The van der Waals surface area contributed by atoms with Gasteiger partial charge in [-0.3, -0.25) is 14.4 Å². The summed E-state index contributed by atoms with van der Waals surface area (Å²) in [6.07, 6.45) is -35.3. The number of nitrogens with one attached hydrogen (secondary N) is 2. The zero-order chi connectivity index (χ0) is 54.3. The number of carboxylic acids is 2. The van der Waals surface area contributed by atoms with Gasteiger partial charge in [0.05, 0.1) is 51.0 Å². The molecule has 4 fully saturated rings. The third-order valence-electron chi connectivity index (χ3n) is 12.6. The minimum absolute atomic E-state index is 0.0220. The van der Waals surface area contributed by atoms with E-state index in [-0.39, 0.29) is 25.8 Å². The molecule has 4 saturated heterocycles. The van der Waals surface area contributed by atoms with Gasteiger partial charge >= 0.3 is 11.9 Å². The van der Waals surface area contributed by atoms with Crippen LogP contribution in [0.15, 0.2) is 0 Å². The monoisotopic (exact) mass is 1090 g/mol. The Morgan fingerprint density at radius 3 is 1.55 bits per heavy atom. The maximum atomic E-state index is 13.2. The second-order valence-corrected chi connectivity index (χ2v) is 19.8. The van der Waals surface area contributed by atoms with Crippen molar-refractivity contribution in [3.05, 3.63) is 0 Å². The maximum Gasteiger partial charge on any atom is 0.321 e. The lowest BCUT2D eigenvalue weighted by atomic mass is 9.95. The molecule has 31 nitrogen and oxygen atoms in total. The van der Waals surface area contributed by atoms with E-state index in [0.29, 0.717) is 6.29 Å². The van der Waals surface area contributed by atoms with Gasteiger partial charge in [0.15, 0.2) is 35.0 Å². The molecule has 0 aromatic heterocycles. The van der Waals surface area contributed by atoms with Crippen LogP contribution in [-0.2, 0) is 76.4 Å². The molecule has 0 radical (unpaired) electrons. The molecular formula is C41H70N2O29S. The van der Waals surface area contributed by atoms with Crippen molar-refractivity contribution >= 4 is 34.0 Å². The lowest BCUT2D eigenvalue weighted by molar-refractivity contribution is -0.390. The number of sulfone groups is 1. The van der Waals surface area contributed by atoms with Gasteiger partial charge in [0, 0.05) is 33.1 Å². The Morgan fingerprint density at radius 1 is 0.603 bits per heavy atom. The topological polar surface area (TPSA) is 482 Å². The summed E-state index contributed by atoms with van der Waals surface area (Å²) in [7, 11) is -1.83. The summed E-state index contributed by atoms with van der Waals surface area (Å²) in [4.78, 5) is 46.5. The maximum absolute atomic E-state index is 13.2. The van der Waals surface area contributed by atoms with Gasteiger partial charge < -0.3 is 129 Å². The quantitative estimate of drug-likeness (QED) is 0.0235. The number of rotatable bonds is 30. The van der Waals surface area contributed by atoms with Crippen LogP contribution < -0.4 is 10.6 Å². The lowest BCUT2D eigenvalue weighted by Gasteiger charge is -2.49. The molecule has 4 aliphatic heterocycles. The molecule has 0 aliphatic carbocycles. The Balaban J connectivity index is 1.48. The molecule has 0 aromatic rings. The number of aliphatic carboxylic acids is 2. The van der Waals surface area contributed by atoms with Crippen molar-refractivity contribution in [2.24, 2.45) is 5.92 Å². The smallest absolute Gasteiger partial charge is 0.321 e. The molecule has 22 atom stereocenters. The number of carbonyl (C=O) groups excluding carboxylic acids is 2. The average molecular weight is 1090 g/mol. The zero-order valence-electron chi connectivity index (χ0n) is 39.7. The Morgan fingerprint density at radius 2 is 1.07 bits per heavy atom. The highest BCUT2D eigenvalue weighted by atomic mass is 32.2. The van der Waals surface area contributed by atoms with Crippen LogP contribution in [-0.4, -0.2) is 300 Å². The fraction of sp³-hybridized carbons (Fsp3) is 0.902. The van der Waals surface area contributed by atoms with E-state index in [0.717, 1.165) is 7.11 Å². The van der Waals surface area contributed by atoms with Crippen molar-refractivity contribution in [3.8, 4) is 0 Å². The van der Waals surface area contributed by atoms with E-state index in [1.165, 1.54) is 7.11 Å². The van der Waals surface area contributed by atoms with Gasteiger partial charge in [-0.05, 0) is 19.4 Å². The number of ether oxygens (including phenoxy) is 10. The van der Waals surface area contributed by atoms with Crippen LogP contribution in [0.4, 0.5) is 0 Å². The van der Waals surface area contributed by atoms with Crippen LogP contribution in [0, 0.1) is 5.92 Å². The average Bonchev–Trinajstić information content (AvgIpc) is 3.35. The molecule has 4 aliphatic rings. The number of hydrogen-bond acceptors (Lipinski definition) is 28. The fourth-order valence-corrected chi connectivity index (χ4v) is 9.54. The van der Waals surface area contributed by atoms with Crippen molar-refractivity contribution in [1.82, 2.24) is 10.6 Å². The molecule has 1 amide bonds. The normalized spacial score (nSPS) is 38.0. The first-order valence-electron chi connectivity index (χ1n) is 23.2. The molecule has 4 heterocycles. The number of methoxy groups -OCH3 is 2. The molecule has 0 spiro atoms. The Bertz CT molecular complexity index is 1820. The SMILES string of the molecule is CO[C@@H]1OC(CO)[C@@H](O[C@@H]2OC(CO)[C@@H](O[C@@H]3OC(CO)[C@@H](O[C@@H]4OC(CO)[C@@H](OC)[C@H](O)C4O)[C@H](O)C3OCCS(=O)(=O)CCNC(=O)[C@H](CC=O)CCCN[C@@H](CC(=O)O)C(=O)O)[C@H](O)C2O)[C@H](O)C1O. The summed E-state index contributed by atoms with van der Waals surface area (Å²) in [6.45, 7) is -4.80. The largest absolute Gasteiger partial charge is 0.481 e. The predicted molar refractivity (Wildman–Crippen MR) is 234 cm³/mol. The first-order chi connectivity index (χ1) is 34.6. The summed E-state index contributed by atoms with van der Waals surface area (Å²) in [5, 5.41) is 141. The van der Waals surface area contributed by atoms with E-state index in [4.69, 9.17) is 52.5 Å². The van der Waals surface area contributed by atoms with Crippen molar-refractivity contribution in [2.45, 2.75) is 155 Å². The molecular weight excluding hydrogens is 1020 g/mol. The van der Waals surface area contributed by atoms with Gasteiger partial charge in [0.2, 0.25) is 5.91 Å². The van der Waals surface area contributed by atoms with Gasteiger partial charge in [-0.25, -0.2) is 8.42 Å². The highest BCUT2D eigenvalue weighted by Gasteiger charge is 2.56. The minimum atomic E-state index is -4.15. The molecule has 73 heavy (non-hydrogen) atoms. The van der Waals surface area contributed by atoms with E-state index >= 15 is 0 Å². The fourth-order valence-electron chi connectivity index (χ4n) is 8.57. The molecule has 8 unspecified atom stereocenters. The molecule has 0 saturated carbocycles. The van der Waals surface area contributed by atoms with E-state index in [1.54, 1.807) is 0 Å². The van der Waals surface area contributed by atoms with Crippen LogP contribution >= 0.6 is 0 Å². The van der Waals surface area contributed by atoms with Crippen LogP contribution in [0.5, 0.6) is 0 Å². The first-order valence-corrected chi connectivity index (χ1v) is 25.0. The van der Waals surface area contributed by atoms with E-state index < -0.39 is 220 Å². The van der Waals surface area contributed by atoms with Crippen LogP contribution in [0.3, 0.4) is 0 Å². The first kappa shape index (κ1) is 62.7. The molecule has 4 rings (SSSR count). The van der Waals surface area contributed by atoms with Crippen LogP contribution in [0.2, 0.25) is 0 Å². The zero-order valence-corrected chi connectivity index (χ0v) is 40.5. The lowest BCUT2D eigenvalue weighted by Crippen LogP contribution is -2.68. The summed E-state index contributed by atoms with van der Waals surface area (Å²) in [5.74, 6) is -5.93. The molecule has 424 valence electrons. The third kappa shape index (κ3) is 16.6. The minimum Gasteiger partial charge on any atom is -0.481 e. The highest BCUT2D eigenvalue weighted by Crippen LogP contribution is 2.35. The second-order valence-electron chi connectivity index (χ2n) is 17.5. The molecule has 0 aromatic carbocycles. The van der Waals surface area contributed by atoms with Gasteiger partial charge in [0.25, 0.3) is 0 Å². The van der Waals surface area contributed by atoms with Gasteiger partial charge in [-0.15, -0.1) is 0 Å². The van der Waals surface area contributed by atoms with Crippen molar-refractivity contribution in [2.75, 3.05) is 71.8 Å². The van der Waals surface area contributed by atoms with Crippen LogP contribution in [0.25, 0.3) is 0 Å². The second kappa shape index (κ2) is 29.6. The Hall–Kier alpha value is -2.85. The molecule has 0 bridgehead atoms. The molecule has 32 heteroatoms. The number of aliphatic hydroxyl groups excluding tert-OH is 11. The Labute approximate surface area is 417 Å². The number of aldehydes is 1. The van der Waals surface area contributed by atoms with E-state index in [9.17, 15) is 88.9 Å². The standard InChI is InChI=1S/C41H70N2O29S/c1-63-31-19(13-45)67-39(28(55)24(31)51)71-34-22(16-48)69-41(72-33-21(15-47)68-40(29(56)26(33)53)70-32-20(14-46)66-38(64-2)27(54)25(32)52)35(30(34)57)65-9-11-73(61,62)10-7-43-36(58)17(5-8-44)4-3-6-42-18(37(59)60)12-23(49)50/h8,17-22,24-35,38-42,45-48,51-57H,3-7,9-16H2,1-2H3,(H,43,58)(H,49,50)(H,59,60)/t17-,18-,19?,20?,21?,22?,24+,25+,26+,27?,28?,29?,30-,31+,32+,33+,34+,35?,38+,39-,40-,41-/m0/s1. The van der Waals surface area contributed by atoms with Crippen molar-refractivity contribution in [3.63, 3.8) is 0 Å². The van der Waals surface area contributed by atoms with Gasteiger partial charge in [-0.1, -0.05) is 0 Å². The predicted octanol–water partition coefficient (Wildman–Crippen LogP) is -9.38. The highest BCUT2D eigenvalue weighted by molar-refractivity contribution is 7.91. The Kier molecular flexibility index (Phi) is 25.4. The summed E-state index contributed by atoms with van der Waals surface area (Å²) in [6, 6.07) is -1.40. The number of amides is 1. The van der Waals surface area contributed by atoms with Crippen LogP contribution in [0.1, 0.15) is 25.7 Å². The summed E-state index contributed by atoms with van der Waals surface area (Å²) < 4.78 is 82.5. The van der Waals surface area contributed by atoms with Gasteiger partial charge in [-0.2, -0.15) is 0 Å². The van der Waals surface area contributed by atoms with E-state index in [2.05, 4.69) is 10.6 Å². The summed E-state index contributed by atoms with van der Waals surface area (Å²) >= 11 is 0. The van der Waals surface area contributed by atoms with Gasteiger partial charge in [0.1, 0.15) is 110 Å². The molecule has 15 N–H and O–H groups in total.